The molecule has 0 unspecified atom stereocenters. The van der Waals surface area contributed by atoms with Crippen LogP contribution in [0, 0.1) is 5.92 Å². The van der Waals surface area contributed by atoms with Crippen LogP contribution < -0.4 is 0 Å². The van der Waals surface area contributed by atoms with Gasteiger partial charge in [0.25, 0.3) is 0 Å². The quantitative estimate of drug-likeness (QED) is 0.711. The predicted octanol–water partition coefficient (Wildman–Crippen LogP) is 4.17. The second-order valence-electron chi connectivity index (χ2n) is 9.31. The Morgan fingerprint density at radius 2 is 1.61 bits per heavy atom. The Labute approximate surface area is 172 Å². The molecule has 2 aliphatic heterocycles. The monoisotopic (exact) mass is 406 g/mol. The van der Waals surface area contributed by atoms with E-state index in [-0.39, 0.29) is 5.25 Å². The van der Waals surface area contributed by atoms with E-state index in [1.165, 1.54) is 38.0 Å². The topological polar surface area (TPSA) is 40.6 Å². The Kier molecular flexibility index (Phi) is 7.21. The van der Waals surface area contributed by atoms with Crippen LogP contribution in [0.4, 0.5) is 0 Å². The van der Waals surface area contributed by atoms with Crippen molar-refractivity contribution in [2.45, 2.75) is 75.5 Å². The van der Waals surface area contributed by atoms with E-state index in [0.717, 1.165) is 31.8 Å². The third kappa shape index (κ3) is 5.17. The minimum Gasteiger partial charge on any atom is -0.303 e. The standard InChI is InChI=1S/C23H38N2O2S/c1-18(2)25-14-8-20(9-15-25)17-24-12-10-21(11-13-24)22-6-5-7-23(16-22)28(26,27)19(3)4/h5-7,16,18-21H,8-15,17H2,1-4H3. The van der Waals surface area contributed by atoms with E-state index in [4.69, 9.17) is 0 Å². The van der Waals surface area contributed by atoms with Gasteiger partial charge < -0.3 is 9.80 Å². The minimum absolute atomic E-state index is 0.369. The van der Waals surface area contributed by atoms with Crippen LogP contribution in [0.3, 0.4) is 0 Å². The summed E-state index contributed by atoms with van der Waals surface area (Å²) in [5.74, 6) is 1.33. The first-order valence-corrected chi connectivity index (χ1v) is 12.6. The zero-order chi connectivity index (χ0) is 20.3. The van der Waals surface area contributed by atoms with Gasteiger partial charge in [0, 0.05) is 12.6 Å². The smallest absolute Gasteiger partial charge is 0.180 e. The van der Waals surface area contributed by atoms with Gasteiger partial charge in [-0.05, 0) is 109 Å². The van der Waals surface area contributed by atoms with Crippen molar-refractivity contribution in [1.29, 1.82) is 0 Å². The summed E-state index contributed by atoms with van der Waals surface area (Å²) < 4.78 is 25.0. The summed E-state index contributed by atoms with van der Waals surface area (Å²) in [5, 5.41) is -0.369. The van der Waals surface area contributed by atoms with Crippen molar-refractivity contribution in [3.63, 3.8) is 0 Å². The summed E-state index contributed by atoms with van der Waals surface area (Å²) >= 11 is 0. The second-order valence-corrected chi connectivity index (χ2v) is 11.8. The fourth-order valence-electron chi connectivity index (χ4n) is 4.68. The zero-order valence-corrected chi connectivity index (χ0v) is 18.9. The van der Waals surface area contributed by atoms with Gasteiger partial charge in [-0.1, -0.05) is 12.1 Å². The summed E-state index contributed by atoms with van der Waals surface area (Å²) in [6, 6.07) is 8.38. The van der Waals surface area contributed by atoms with E-state index in [0.29, 0.717) is 16.9 Å². The highest BCUT2D eigenvalue weighted by molar-refractivity contribution is 7.92. The summed E-state index contributed by atoms with van der Waals surface area (Å²) in [5.41, 5.74) is 1.20. The second kappa shape index (κ2) is 9.27. The number of likely N-dealkylation sites (tertiary alicyclic amines) is 2. The molecule has 158 valence electrons. The maximum atomic E-state index is 12.5. The average Bonchev–Trinajstić information content (AvgIpc) is 2.69. The number of benzene rings is 1. The molecule has 0 bridgehead atoms. The molecule has 0 radical (unpaired) electrons. The van der Waals surface area contributed by atoms with E-state index in [1.54, 1.807) is 19.9 Å². The van der Waals surface area contributed by atoms with Crippen molar-refractivity contribution in [2.24, 2.45) is 5.92 Å². The van der Waals surface area contributed by atoms with Crippen LogP contribution in [0.1, 0.15) is 64.9 Å². The maximum absolute atomic E-state index is 12.5. The molecule has 4 nitrogen and oxygen atoms in total. The molecule has 0 spiro atoms. The molecule has 2 heterocycles. The van der Waals surface area contributed by atoms with Gasteiger partial charge in [-0.25, -0.2) is 8.42 Å². The third-order valence-corrected chi connectivity index (χ3v) is 8.91. The van der Waals surface area contributed by atoms with Gasteiger partial charge in [-0.15, -0.1) is 0 Å². The molecule has 0 saturated carbocycles. The van der Waals surface area contributed by atoms with Gasteiger partial charge in [-0.3, -0.25) is 0 Å². The van der Waals surface area contributed by atoms with Crippen molar-refractivity contribution < 1.29 is 8.42 Å². The molecular formula is C23H38N2O2S. The van der Waals surface area contributed by atoms with Crippen LogP contribution in [0.2, 0.25) is 0 Å². The zero-order valence-electron chi connectivity index (χ0n) is 18.1. The number of hydrogen-bond acceptors (Lipinski definition) is 4. The van der Waals surface area contributed by atoms with E-state index in [2.05, 4.69) is 29.7 Å². The molecular weight excluding hydrogens is 368 g/mol. The van der Waals surface area contributed by atoms with Gasteiger partial charge in [0.15, 0.2) is 9.84 Å². The number of sulfone groups is 1. The van der Waals surface area contributed by atoms with Crippen LogP contribution in [-0.4, -0.2) is 62.2 Å². The summed E-state index contributed by atoms with van der Waals surface area (Å²) in [6.07, 6.45) is 4.92. The van der Waals surface area contributed by atoms with E-state index in [1.807, 2.05) is 12.1 Å². The molecule has 5 heteroatoms. The summed E-state index contributed by atoms with van der Waals surface area (Å²) in [4.78, 5) is 5.72. The third-order valence-electron chi connectivity index (χ3n) is 6.76. The first kappa shape index (κ1) is 21.8. The molecule has 2 saturated heterocycles. The molecule has 2 aliphatic rings. The Balaban J connectivity index is 1.52. The Bertz CT molecular complexity index is 729. The molecule has 2 fully saturated rings. The van der Waals surface area contributed by atoms with Crippen molar-refractivity contribution in [2.75, 3.05) is 32.7 Å². The van der Waals surface area contributed by atoms with E-state index >= 15 is 0 Å². The number of hydrogen-bond donors (Lipinski definition) is 0. The fraction of sp³-hybridized carbons (Fsp3) is 0.739. The van der Waals surface area contributed by atoms with Crippen LogP contribution in [0.5, 0.6) is 0 Å². The molecule has 0 atom stereocenters. The van der Waals surface area contributed by atoms with Gasteiger partial charge in [0.1, 0.15) is 0 Å². The minimum atomic E-state index is -3.19. The lowest BCUT2D eigenvalue weighted by molar-refractivity contribution is 0.111. The number of piperidine rings is 2. The molecule has 0 aliphatic carbocycles. The van der Waals surface area contributed by atoms with Crippen molar-refractivity contribution in [1.82, 2.24) is 9.80 Å². The van der Waals surface area contributed by atoms with Crippen molar-refractivity contribution in [3.05, 3.63) is 29.8 Å². The highest BCUT2D eigenvalue weighted by Crippen LogP contribution is 2.31. The van der Waals surface area contributed by atoms with Gasteiger partial charge in [-0.2, -0.15) is 0 Å². The van der Waals surface area contributed by atoms with Gasteiger partial charge in [0.2, 0.25) is 0 Å². The molecule has 28 heavy (non-hydrogen) atoms. The Hall–Kier alpha value is -0.910. The number of rotatable bonds is 6. The molecule has 1 aromatic carbocycles. The van der Waals surface area contributed by atoms with Gasteiger partial charge >= 0.3 is 0 Å². The van der Waals surface area contributed by atoms with Crippen LogP contribution in [0.25, 0.3) is 0 Å². The summed E-state index contributed by atoms with van der Waals surface area (Å²) in [7, 11) is -3.19. The normalized spacial score (nSPS) is 21.6. The lowest BCUT2D eigenvalue weighted by Crippen LogP contribution is -2.43. The Morgan fingerprint density at radius 1 is 0.964 bits per heavy atom. The van der Waals surface area contributed by atoms with Crippen LogP contribution in [-0.2, 0) is 9.84 Å². The maximum Gasteiger partial charge on any atom is 0.180 e. The van der Waals surface area contributed by atoms with E-state index in [9.17, 15) is 8.42 Å². The molecule has 3 rings (SSSR count). The first-order chi connectivity index (χ1) is 13.3. The SMILES string of the molecule is CC(C)N1CCC(CN2CCC(c3cccc(S(=O)(=O)C(C)C)c3)CC2)CC1. The highest BCUT2D eigenvalue weighted by Gasteiger charge is 2.27. The van der Waals surface area contributed by atoms with Crippen LogP contribution >= 0.6 is 0 Å². The highest BCUT2D eigenvalue weighted by atomic mass is 32.2. The van der Waals surface area contributed by atoms with Crippen LogP contribution in [0.15, 0.2) is 29.2 Å². The average molecular weight is 407 g/mol. The fourth-order valence-corrected chi connectivity index (χ4v) is 5.80. The predicted molar refractivity (Wildman–Crippen MR) is 117 cm³/mol. The van der Waals surface area contributed by atoms with E-state index < -0.39 is 9.84 Å². The number of nitrogens with zero attached hydrogens (tertiary/aromatic N) is 2. The largest absolute Gasteiger partial charge is 0.303 e. The lowest BCUT2D eigenvalue weighted by Gasteiger charge is -2.39. The molecule has 0 N–H and O–H groups in total. The van der Waals surface area contributed by atoms with Crippen molar-refractivity contribution in [3.8, 4) is 0 Å². The Morgan fingerprint density at radius 3 is 2.18 bits per heavy atom. The van der Waals surface area contributed by atoms with Crippen molar-refractivity contribution >= 4 is 9.84 Å². The van der Waals surface area contributed by atoms with Gasteiger partial charge in [0.05, 0.1) is 10.1 Å². The summed E-state index contributed by atoms with van der Waals surface area (Å²) in [6.45, 7) is 14.1. The first-order valence-electron chi connectivity index (χ1n) is 11.1. The molecule has 0 aromatic heterocycles. The molecule has 0 amide bonds. The molecule has 1 aromatic rings. The lowest BCUT2D eigenvalue weighted by atomic mass is 9.88.